The number of amides is 1. The molecule has 2 heterocycles. The molecule has 2 N–H and O–H groups in total. The maximum atomic E-state index is 12.5. The lowest BCUT2D eigenvalue weighted by molar-refractivity contribution is -0.145. The Morgan fingerprint density at radius 2 is 2.29 bits per heavy atom. The number of carbonyl (C=O) groups excluding carboxylic acids is 1. The second kappa shape index (κ2) is 5.07. The van der Waals surface area contributed by atoms with Crippen molar-refractivity contribution in [3.8, 4) is 0 Å². The van der Waals surface area contributed by atoms with Crippen LogP contribution in [0.15, 0.2) is 17.8 Å². The molecule has 2 aromatic rings. The Morgan fingerprint density at radius 1 is 1.48 bits per heavy atom. The summed E-state index contributed by atoms with van der Waals surface area (Å²) in [6, 6.07) is 1.81. The molecule has 0 aromatic carbocycles. The van der Waals surface area contributed by atoms with E-state index in [2.05, 4.69) is 15.3 Å². The fourth-order valence-corrected chi connectivity index (χ4v) is 3.78. The highest BCUT2D eigenvalue weighted by Crippen LogP contribution is 2.36. The standard InChI is InChI=1S/C14H15N3O3S/c1-8-3-2-5-14(8,13(19)20)17-12(18)10-11-9(4-6-21-11)15-7-16-10/h4,6-8H,2-3,5H2,1H3,(H,17,18)(H,19,20). The summed E-state index contributed by atoms with van der Waals surface area (Å²) < 4.78 is 0.682. The van der Waals surface area contributed by atoms with E-state index in [-0.39, 0.29) is 11.6 Å². The van der Waals surface area contributed by atoms with Crippen molar-refractivity contribution >= 4 is 33.4 Å². The summed E-state index contributed by atoms with van der Waals surface area (Å²) in [5.41, 5.74) is -0.246. The van der Waals surface area contributed by atoms with E-state index in [0.29, 0.717) is 16.6 Å². The van der Waals surface area contributed by atoms with Crippen molar-refractivity contribution in [2.45, 2.75) is 31.7 Å². The fourth-order valence-electron chi connectivity index (χ4n) is 2.95. The summed E-state index contributed by atoms with van der Waals surface area (Å²) in [4.78, 5) is 32.3. The summed E-state index contributed by atoms with van der Waals surface area (Å²) in [5, 5.41) is 14.1. The second-order valence-electron chi connectivity index (χ2n) is 5.38. The first kappa shape index (κ1) is 13.9. The molecular formula is C14H15N3O3S. The van der Waals surface area contributed by atoms with Crippen molar-refractivity contribution in [2.75, 3.05) is 0 Å². The Morgan fingerprint density at radius 3 is 2.95 bits per heavy atom. The Hall–Kier alpha value is -2.02. The third kappa shape index (κ3) is 2.17. The molecule has 2 aromatic heterocycles. The van der Waals surface area contributed by atoms with Gasteiger partial charge >= 0.3 is 5.97 Å². The number of nitrogens with zero attached hydrogens (tertiary/aromatic N) is 2. The number of hydrogen-bond acceptors (Lipinski definition) is 5. The van der Waals surface area contributed by atoms with Crippen LogP contribution in [0.2, 0.25) is 0 Å². The zero-order valence-corrected chi connectivity index (χ0v) is 12.3. The predicted molar refractivity (Wildman–Crippen MR) is 78.3 cm³/mol. The van der Waals surface area contributed by atoms with E-state index < -0.39 is 17.4 Å². The summed E-state index contributed by atoms with van der Waals surface area (Å²) in [7, 11) is 0. The summed E-state index contributed by atoms with van der Waals surface area (Å²) in [5.74, 6) is -1.52. The lowest BCUT2D eigenvalue weighted by atomic mass is 9.88. The second-order valence-corrected chi connectivity index (χ2v) is 6.30. The number of carbonyl (C=O) groups is 2. The molecule has 0 aliphatic heterocycles. The lowest BCUT2D eigenvalue weighted by Crippen LogP contribution is -2.56. The van der Waals surface area contributed by atoms with E-state index in [9.17, 15) is 14.7 Å². The molecule has 1 aliphatic carbocycles. The first-order valence-electron chi connectivity index (χ1n) is 6.79. The van der Waals surface area contributed by atoms with Crippen LogP contribution in [0.4, 0.5) is 0 Å². The van der Waals surface area contributed by atoms with E-state index in [0.717, 1.165) is 12.8 Å². The molecule has 2 atom stereocenters. The SMILES string of the molecule is CC1CCCC1(NC(=O)c1ncnc2ccsc12)C(=O)O. The lowest BCUT2D eigenvalue weighted by Gasteiger charge is -2.30. The zero-order valence-electron chi connectivity index (χ0n) is 11.5. The number of hydrogen-bond donors (Lipinski definition) is 2. The van der Waals surface area contributed by atoms with E-state index in [4.69, 9.17) is 0 Å². The van der Waals surface area contributed by atoms with Gasteiger partial charge in [-0.25, -0.2) is 14.8 Å². The maximum Gasteiger partial charge on any atom is 0.329 e. The van der Waals surface area contributed by atoms with Crippen molar-refractivity contribution in [3.05, 3.63) is 23.5 Å². The Kier molecular flexibility index (Phi) is 3.36. The van der Waals surface area contributed by atoms with Crippen molar-refractivity contribution in [2.24, 2.45) is 5.92 Å². The molecular weight excluding hydrogens is 290 g/mol. The van der Waals surface area contributed by atoms with Gasteiger partial charge in [0.1, 0.15) is 17.6 Å². The molecule has 1 amide bonds. The van der Waals surface area contributed by atoms with Crippen molar-refractivity contribution in [1.29, 1.82) is 0 Å². The maximum absolute atomic E-state index is 12.5. The third-order valence-corrected chi connectivity index (χ3v) is 5.14. The van der Waals surface area contributed by atoms with Gasteiger partial charge in [0.2, 0.25) is 0 Å². The normalized spacial score (nSPS) is 25.1. The van der Waals surface area contributed by atoms with Crippen LogP contribution in [-0.2, 0) is 4.79 Å². The molecule has 0 radical (unpaired) electrons. The highest BCUT2D eigenvalue weighted by Gasteiger charge is 2.48. The number of thiophene rings is 1. The van der Waals surface area contributed by atoms with Crippen LogP contribution in [0.1, 0.15) is 36.7 Å². The average molecular weight is 305 g/mol. The van der Waals surface area contributed by atoms with Crippen LogP contribution >= 0.6 is 11.3 Å². The summed E-state index contributed by atoms with van der Waals surface area (Å²) in [6.07, 6.45) is 3.38. The zero-order chi connectivity index (χ0) is 15.0. The van der Waals surface area contributed by atoms with Crippen molar-refractivity contribution < 1.29 is 14.7 Å². The minimum Gasteiger partial charge on any atom is -0.479 e. The molecule has 7 heteroatoms. The van der Waals surface area contributed by atoms with E-state index in [1.165, 1.54) is 17.7 Å². The minimum absolute atomic E-state index is 0.0976. The number of rotatable bonds is 3. The van der Waals surface area contributed by atoms with Gasteiger partial charge in [0.05, 0.1) is 10.2 Å². The molecule has 0 saturated heterocycles. The molecule has 2 unspecified atom stereocenters. The smallest absolute Gasteiger partial charge is 0.329 e. The summed E-state index contributed by atoms with van der Waals surface area (Å²) in [6.45, 7) is 1.86. The minimum atomic E-state index is -1.19. The van der Waals surface area contributed by atoms with Crippen LogP contribution < -0.4 is 5.32 Å². The average Bonchev–Trinajstić information content (AvgIpc) is 3.06. The number of nitrogens with one attached hydrogen (secondary N) is 1. The van der Waals surface area contributed by atoms with Gasteiger partial charge in [0.25, 0.3) is 5.91 Å². The van der Waals surface area contributed by atoms with Gasteiger partial charge in [0.15, 0.2) is 0 Å². The quantitative estimate of drug-likeness (QED) is 0.905. The number of carboxylic acids is 1. The third-order valence-electron chi connectivity index (χ3n) is 4.23. The van der Waals surface area contributed by atoms with Gasteiger partial charge in [-0.1, -0.05) is 13.3 Å². The predicted octanol–water partition coefficient (Wildman–Crippen LogP) is 2.06. The van der Waals surface area contributed by atoms with E-state index >= 15 is 0 Å². The first-order chi connectivity index (χ1) is 10.0. The molecule has 0 bridgehead atoms. The van der Waals surface area contributed by atoms with Gasteiger partial charge in [-0.15, -0.1) is 11.3 Å². The van der Waals surface area contributed by atoms with Gasteiger partial charge < -0.3 is 10.4 Å². The van der Waals surface area contributed by atoms with Crippen molar-refractivity contribution in [3.63, 3.8) is 0 Å². The van der Waals surface area contributed by atoms with Crippen LogP contribution in [0.25, 0.3) is 10.2 Å². The number of fused-ring (bicyclic) bond motifs is 1. The fraction of sp³-hybridized carbons (Fsp3) is 0.429. The highest BCUT2D eigenvalue weighted by molar-refractivity contribution is 7.17. The monoisotopic (exact) mass is 305 g/mol. The van der Waals surface area contributed by atoms with Crippen LogP contribution in [0.5, 0.6) is 0 Å². The molecule has 110 valence electrons. The highest BCUT2D eigenvalue weighted by atomic mass is 32.1. The number of aliphatic carboxylic acids is 1. The number of aromatic nitrogens is 2. The Labute approximate surface area is 125 Å². The van der Waals surface area contributed by atoms with Gasteiger partial charge in [-0.05, 0) is 30.2 Å². The summed E-state index contributed by atoms with van der Waals surface area (Å²) >= 11 is 1.38. The van der Waals surface area contributed by atoms with Gasteiger partial charge in [-0.2, -0.15) is 0 Å². The molecule has 21 heavy (non-hydrogen) atoms. The first-order valence-corrected chi connectivity index (χ1v) is 7.66. The Bertz CT molecular complexity index is 714. The van der Waals surface area contributed by atoms with Crippen LogP contribution in [-0.4, -0.2) is 32.5 Å². The molecule has 1 aliphatic rings. The Balaban J connectivity index is 1.95. The van der Waals surface area contributed by atoms with Gasteiger partial charge in [-0.3, -0.25) is 4.79 Å². The van der Waals surface area contributed by atoms with Crippen LogP contribution in [0.3, 0.4) is 0 Å². The van der Waals surface area contributed by atoms with Crippen LogP contribution in [0, 0.1) is 5.92 Å². The molecule has 6 nitrogen and oxygen atoms in total. The van der Waals surface area contributed by atoms with E-state index in [1.807, 2.05) is 18.4 Å². The van der Waals surface area contributed by atoms with Crippen molar-refractivity contribution in [1.82, 2.24) is 15.3 Å². The molecule has 3 rings (SSSR count). The largest absolute Gasteiger partial charge is 0.479 e. The van der Waals surface area contributed by atoms with E-state index in [1.54, 1.807) is 0 Å². The number of carboxylic acid groups (broad SMARTS) is 1. The molecule has 0 spiro atoms. The topological polar surface area (TPSA) is 92.2 Å². The van der Waals surface area contributed by atoms with Gasteiger partial charge in [0, 0.05) is 0 Å². The molecule has 1 fully saturated rings. The molecule has 1 saturated carbocycles.